The van der Waals surface area contributed by atoms with Gasteiger partial charge in [-0.25, -0.2) is 0 Å². The maximum absolute atomic E-state index is 5.96. The first-order valence-electron chi connectivity index (χ1n) is 3.75. The smallest absolute Gasteiger partial charge is 0.0701 e. The highest BCUT2D eigenvalue weighted by Gasteiger charge is 2.08. The van der Waals surface area contributed by atoms with E-state index in [1.54, 1.807) is 11.3 Å². The van der Waals surface area contributed by atoms with Gasteiger partial charge in [0.25, 0.3) is 0 Å². The van der Waals surface area contributed by atoms with Crippen LogP contribution < -0.4 is 5.73 Å². The molecule has 1 rings (SSSR count). The van der Waals surface area contributed by atoms with E-state index in [9.17, 15) is 0 Å². The second kappa shape index (κ2) is 4.37. The third-order valence-corrected chi connectivity index (χ3v) is 3.28. The monoisotopic (exact) mass is 248 g/mol. The number of nitrogens with zero attached hydrogens (tertiary/aromatic N) is 1. The molecule has 1 unspecified atom stereocenters. The average Bonchev–Trinajstić information content (AvgIpc) is 2.34. The predicted octanol–water partition coefficient (Wildman–Crippen LogP) is 2.07. The molecule has 0 spiro atoms. The number of hydrogen-bond donors (Lipinski definition) is 1. The van der Waals surface area contributed by atoms with Crippen LogP contribution in [-0.4, -0.2) is 25.5 Å². The summed E-state index contributed by atoms with van der Waals surface area (Å²) >= 11 is 5.12. The van der Waals surface area contributed by atoms with E-state index < -0.39 is 0 Å². The van der Waals surface area contributed by atoms with Crippen molar-refractivity contribution in [3.8, 4) is 0 Å². The van der Waals surface area contributed by atoms with Crippen LogP contribution in [0.5, 0.6) is 0 Å². The average molecular weight is 249 g/mol. The van der Waals surface area contributed by atoms with Crippen LogP contribution in [0.25, 0.3) is 0 Å². The van der Waals surface area contributed by atoms with E-state index in [-0.39, 0.29) is 6.04 Å². The zero-order valence-corrected chi connectivity index (χ0v) is 9.65. The molecule has 0 saturated carbocycles. The Morgan fingerprint density at radius 3 is 2.67 bits per heavy atom. The topological polar surface area (TPSA) is 29.3 Å². The molecule has 0 amide bonds. The van der Waals surface area contributed by atoms with Crippen molar-refractivity contribution >= 4 is 27.3 Å². The standard InChI is InChI=1S/C8H13BrN2S/c1-11(2)5-6(10)7-3-4-8(9)12-7/h3-4,6H,5,10H2,1-2H3. The molecule has 0 fully saturated rings. The fraction of sp³-hybridized carbons (Fsp3) is 0.500. The Morgan fingerprint density at radius 1 is 1.58 bits per heavy atom. The molecule has 1 aromatic heterocycles. The van der Waals surface area contributed by atoms with Gasteiger partial charge in [-0.15, -0.1) is 11.3 Å². The van der Waals surface area contributed by atoms with Gasteiger partial charge in [-0.2, -0.15) is 0 Å². The van der Waals surface area contributed by atoms with Crippen molar-refractivity contribution in [3.63, 3.8) is 0 Å². The van der Waals surface area contributed by atoms with Gasteiger partial charge < -0.3 is 10.6 Å². The number of hydrogen-bond acceptors (Lipinski definition) is 3. The quantitative estimate of drug-likeness (QED) is 0.888. The predicted molar refractivity (Wildman–Crippen MR) is 57.5 cm³/mol. The highest BCUT2D eigenvalue weighted by molar-refractivity contribution is 9.11. The number of thiophene rings is 1. The molecule has 12 heavy (non-hydrogen) atoms. The minimum Gasteiger partial charge on any atom is -0.322 e. The van der Waals surface area contributed by atoms with Gasteiger partial charge in [-0.1, -0.05) is 0 Å². The van der Waals surface area contributed by atoms with Crippen molar-refractivity contribution in [3.05, 3.63) is 20.8 Å². The van der Waals surface area contributed by atoms with Crippen LogP contribution in [0.1, 0.15) is 10.9 Å². The Balaban J connectivity index is 2.58. The van der Waals surface area contributed by atoms with Gasteiger partial charge in [0.15, 0.2) is 0 Å². The molecule has 0 aliphatic rings. The number of rotatable bonds is 3. The molecule has 2 N–H and O–H groups in total. The molecule has 0 aliphatic carbocycles. The maximum atomic E-state index is 5.96. The van der Waals surface area contributed by atoms with E-state index in [1.165, 1.54) is 4.88 Å². The van der Waals surface area contributed by atoms with Gasteiger partial charge >= 0.3 is 0 Å². The normalized spacial score (nSPS) is 13.8. The molecule has 0 bridgehead atoms. The number of likely N-dealkylation sites (N-methyl/N-ethyl adjacent to an activating group) is 1. The van der Waals surface area contributed by atoms with Crippen LogP contribution >= 0.6 is 27.3 Å². The number of nitrogens with two attached hydrogens (primary N) is 1. The van der Waals surface area contributed by atoms with Gasteiger partial charge in [0, 0.05) is 11.4 Å². The molecule has 0 aromatic carbocycles. The van der Waals surface area contributed by atoms with Crippen LogP contribution in [0.2, 0.25) is 0 Å². The Morgan fingerprint density at radius 2 is 2.25 bits per heavy atom. The maximum Gasteiger partial charge on any atom is 0.0701 e. The first-order chi connectivity index (χ1) is 5.59. The van der Waals surface area contributed by atoms with Crippen LogP contribution in [0.15, 0.2) is 15.9 Å². The molecular weight excluding hydrogens is 236 g/mol. The second-order valence-electron chi connectivity index (χ2n) is 3.01. The lowest BCUT2D eigenvalue weighted by Gasteiger charge is -2.14. The summed E-state index contributed by atoms with van der Waals surface area (Å²) in [5.74, 6) is 0. The minimum absolute atomic E-state index is 0.135. The largest absolute Gasteiger partial charge is 0.322 e. The van der Waals surface area contributed by atoms with Gasteiger partial charge in [-0.3, -0.25) is 0 Å². The molecular formula is C8H13BrN2S. The second-order valence-corrected chi connectivity index (χ2v) is 5.51. The molecule has 68 valence electrons. The molecule has 1 aromatic rings. The SMILES string of the molecule is CN(C)CC(N)c1ccc(Br)s1. The Bertz CT molecular complexity index is 247. The summed E-state index contributed by atoms with van der Waals surface area (Å²) in [6, 6.07) is 4.25. The summed E-state index contributed by atoms with van der Waals surface area (Å²) < 4.78 is 1.15. The van der Waals surface area contributed by atoms with Crippen LogP contribution in [0, 0.1) is 0 Å². The minimum atomic E-state index is 0.135. The lowest BCUT2D eigenvalue weighted by atomic mass is 10.2. The summed E-state index contributed by atoms with van der Waals surface area (Å²) in [7, 11) is 4.06. The number of halogens is 1. The van der Waals surface area contributed by atoms with E-state index in [4.69, 9.17) is 5.73 Å². The van der Waals surface area contributed by atoms with E-state index in [0.29, 0.717) is 0 Å². The van der Waals surface area contributed by atoms with Gasteiger partial charge in [0.1, 0.15) is 0 Å². The van der Waals surface area contributed by atoms with E-state index in [2.05, 4.69) is 26.9 Å². The fourth-order valence-electron chi connectivity index (χ4n) is 1.01. The van der Waals surface area contributed by atoms with Gasteiger partial charge in [-0.05, 0) is 42.2 Å². The molecule has 2 nitrogen and oxygen atoms in total. The summed E-state index contributed by atoms with van der Waals surface area (Å²) in [5, 5.41) is 0. The summed E-state index contributed by atoms with van der Waals surface area (Å²) in [4.78, 5) is 3.33. The van der Waals surface area contributed by atoms with Crippen LogP contribution in [-0.2, 0) is 0 Å². The van der Waals surface area contributed by atoms with Gasteiger partial charge in [0.05, 0.1) is 9.83 Å². The van der Waals surface area contributed by atoms with Crippen molar-refractivity contribution in [1.82, 2.24) is 4.90 Å². The van der Waals surface area contributed by atoms with Crippen molar-refractivity contribution < 1.29 is 0 Å². The van der Waals surface area contributed by atoms with Crippen LogP contribution in [0.3, 0.4) is 0 Å². The Hall–Kier alpha value is 0.1000. The Kier molecular flexibility index (Phi) is 3.71. The van der Waals surface area contributed by atoms with Crippen molar-refractivity contribution in [1.29, 1.82) is 0 Å². The summed E-state index contributed by atoms with van der Waals surface area (Å²) in [5.41, 5.74) is 5.96. The third kappa shape index (κ3) is 2.86. The molecule has 0 radical (unpaired) electrons. The van der Waals surface area contributed by atoms with E-state index in [0.717, 1.165) is 10.3 Å². The summed E-state index contributed by atoms with van der Waals surface area (Å²) in [6.45, 7) is 0.896. The molecule has 1 atom stereocenters. The highest BCUT2D eigenvalue weighted by Crippen LogP contribution is 2.26. The van der Waals surface area contributed by atoms with E-state index >= 15 is 0 Å². The zero-order chi connectivity index (χ0) is 9.14. The van der Waals surface area contributed by atoms with Crippen molar-refractivity contribution in [2.24, 2.45) is 5.73 Å². The molecule has 0 saturated heterocycles. The lowest BCUT2D eigenvalue weighted by Crippen LogP contribution is -2.25. The third-order valence-electron chi connectivity index (χ3n) is 1.52. The van der Waals surface area contributed by atoms with Crippen LogP contribution in [0.4, 0.5) is 0 Å². The van der Waals surface area contributed by atoms with Crippen molar-refractivity contribution in [2.45, 2.75) is 6.04 Å². The fourth-order valence-corrected chi connectivity index (χ4v) is 2.43. The van der Waals surface area contributed by atoms with Gasteiger partial charge in [0.2, 0.25) is 0 Å². The zero-order valence-electron chi connectivity index (χ0n) is 7.25. The Labute approximate surface area is 85.5 Å². The molecule has 1 heterocycles. The first kappa shape index (κ1) is 10.2. The summed E-state index contributed by atoms with van der Waals surface area (Å²) in [6.07, 6.45) is 0. The molecule has 4 heteroatoms. The molecule has 0 aliphatic heterocycles. The first-order valence-corrected chi connectivity index (χ1v) is 5.36. The van der Waals surface area contributed by atoms with Crippen molar-refractivity contribution in [2.75, 3.05) is 20.6 Å². The lowest BCUT2D eigenvalue weighted by molar-refractivity contribution is 0.379. The van der Waals surface area contributed by atoms with E-state index in [1.807, 2.05) is 20.2 Å². The highest BCUT2D eigenvalue weighted by atomic mass is 79.9.